The minimum Gasteiger partial charge on any atom is -0.382 e. The second-order valence-electron chi connectivity index (χ2n) is 12.0. The number of azide groups is 1. The smallest absolute Gasteiger partial charge is 0.109 e. The van der Waals surface area contributed by atoms with Crippen molar-refractivity contribution >= 4 is 31.4 Å². The van der Waals surface area contributed by atoms with Gasteiger partial charge in [0.05, 0.1) is 69.6 Å². The molecule has 4 fully saturated rings. The van der Waals surface area contributed by atoms with Crippen molar-refractivity contribution in [3.63, 3.8) is 0 Å². The number of ether oxygens (including phenoxy) is 10. The van der Waals surface area contributed by atoms with Crippen molar-refractivity contribution in [3.05, 3.63) is 22.3 Å². The largest absolute Gasteiger partial charge is 0.382 e. The molecule has 50 heavy (non-hydrogen) atoms. The van der Waals surface area contributed by atoms with Crippen LogP contribution in [0.2, 0.25) is 0 Å². The summed E-state index contributed by atoms with van der Waals surface area (Å²) in [5.74, 6) is 2.41. The molecule has 20 heteroatoms. The lowest BCUT2D eigenvalue weighted by atomic mass is 9.96. The van der Waals surface area contributed by atoms with Gasteiger partial charge in [-0.1, -0.05) is 16.2 Å². The molecule has 5 rings (SSSR count). The Bertz CT molecular complexity index is 1200. The highest BCUT2D eigenvalue weighted by molar-refractivity contribution is 6.11. The Hall–Kier alpha value is -2.13. The van der Waals surface area contributed by atoms with Gasteiger partial charge in [0.25, 0.3) is 0 Å². The van der Waals surface area contributed by atoms with Gasteiger partial charge in [-0.2, -0.15) is 0 Å². The lowest BCUT2D eigenvalue weighted by molar-refractivity contribution is -0.0522. The van der Waals surface area contributed by atoms with E-state index < -0.39 is 0 Å². The topological polar surface area (TPSA) is 172 Å². The summed E-state index contributed by atoms with van der Waals surface area (Å²) in [7, 11) is 29.3. The molecule has 0 spiro atoms. The molecular weight excluding hydrogens is 648 g/mol. The monoisotopic (exact) mass is 694 g/mol. The predicted molar refractivity (Wildman–Crippen MR) is 183 cm³/mol. The van der Waals surface area contributed by atoms with Crippen LogP contribution < -0.4 is 0 Å². The fourth-order valence-electron chi connectivity index (χ4n) is 5.93. The molecule has 0 saturated carbocycles. The molecule has 4 aliphatic heterocycles. The SMILES string of the molecule is [B][C@H]1C[C@@H](OC)[C@@H](CN=[N+]=[N-])O1.[B][C@H]1C[C@@H](OC)[C@@H](Cn2cc(CO[C@@H]3C[C@H]([B])O[C@@H]3COC)nn2)O1.[B][C@H]1C[C@@H](OCC#C)[C@@H](COC)O1. The average Bonchev–Trinajstić information content (AvgIpc) is 3.92. The molecule has 0 N–H and O–H groups in total. The molecule has 16 nitrogen and oxygen atoms in total. The first kappa shape index (κ1) is 42.3. The Morgan fingerprint density at radius 1 is 0.820 bits per heavy atom. The van der Waals surface area contributed by atoms with E-state index in [1.165, 1.54) is 0 Å². The molecule has 0 unspecified atom stereocenters. The van der Waals surface area contributed by atoms with Gasteiger partial charge in [0.2, 0.25) is 0 Å². The molecule has 1 aromatic rings. The maximum Gasteiger partial charge on any atom is 0.109 e. The Balaban J connectivity index is 0.000000227. The first-order valence-corrected chi connectivity index (χ1v) is 16.4. The number of rotatable bonds is 15. The van der Waals surface area contributed by atoms with Gasteiger partial charge >= 0.3 is 0 Å². The van der Waals surface area contributed by atoms with E-state index in [1.54, 1.807) is 33.1 Å². The van der Waals surface area contributed by atoms with Crippen molar-refractivity contribution in [3.8, 4) is 12.3 Å². The number of hydrogen-bond donors (Lipinski definition) is 0. The van der Waals surface area contributed by atoms with E-state index in [0.717, 1.165) is 5.69 Å². The van der Waals surface area contributed by atoms with Gasteiger partial charge in [0.15, 0.2) is 0 Å². The Kier molecular flexibility index (Phi) is 19.2. The Morgan fingerprint density at radius 3 is 1.84 bits per heavy atom. The lowest BCUT2D eigenvalue weighted by Gasteiger charge is -2.17. The molecule has 0 aromatic carbocycles. The second-order valence-corrected chi connectivity index (χ2v) is 12.0. The zero-order valence-corrected chi connectivity index (χ0v) is 29.2. The summed E-state index contributed by atoms with van der Waals surface area (Å²) in [5.41, 5.74) is 8.81. The molecule has 12 atom stereocenters. The summed E-state index contributed by atoms with van der Waals surface area (Å²) >= 11 is 0. The number of terminal acetylenes is 1. The molecule has 4 aliphatic rings. The zero-order valence-electron chi connectivity index (χ0n) is 29.2. The third kappa shape index (κ3) is 13.8. The van der Waals surface area contributed by atoms with Gasteiger partial charge < -0.3 is 47.4 Å². The van der Waals surface area contributed by atoms with Gasteiger partial charge in [-0.3, -0.25) is 0 Å². The van der Waals surface area contributed by atoms with Crippen molar-refractivity contribution in [1.29, 1.82) is 0 Å². The van der Waals surface area contributed by atoms with Crippen LogP contribution in [0, 0.1) is 12.3 Å². The summed E-state index contributed by atoms with van der Waals surface area (Å²) in [6.07, 6.45) is 8.73. The molecule has 5 heterocycles. The van der Waals surface area contributed by atoms with Crippen molar-refractivity contribution in [2.24, 2.45) is 5.11 Å². The summed E-state index contributed by atoms with van der Waals surface area (Å²) in [4.78, 5) is 2.64. The third-order valence-corrected chi connectivity index (χ3v) is 8.29. The highest BCUT2D eigenvalue weighted by Crippen LogP contribution is 2.25. The van der Waals surface area contributed by atoms with Crippen molar-refractivity contribution in [2.75, 3.05) is 54.8 Å². The van der Waals surface area contributed by atoms with Crippen LogP contribution in [-0.2, 0) is 60.5 Å². The van der Waals surface area contributed by atoms with Crippen LogP contribution in [0.1, 0.15) is 31.4 Å². The molecule has 268 valence electrons. The van der Waals surface area contributed by atoms with E-state index in [-0.39, 0.29) is 79.4 Å². The highest BCUT2D eigenvalue weighted by Gasteiger charge is 2.36. The predicted octanol–water partition coefficient (Wildman–Crippen LogP) is -0.0784. The van der Waals surface area contributed by atoms with Crippen LogP contribution in [0.15, 0.2) is 11.3 Å². The van der Waals surface area contributed by atoms with E-state index in [2.05, 4.69) is 26.3 Å². The van der Waals surface area contributed by atoms with E-state index in [4.69, 9.17) is 90.7 Å². The van der Waals surface area contributed by atoms with Crippen LogP contribution in [0.3, 0.4) is 0 Å². The molecular formula is C30H46B4N6O10. The molecule has 0 bridgehead atoms. The standard InChI is InChI=1S/C15H23B2N3O5.C9H13BO3.C6H10BN3O2/c1-21-8-13-11(4-15(17)25-13)23-7-9-5-20(19-18-9)6-12-10(22-2)3-14(16)24-12;1-3-4-12-7-5-9(10)13-8(7)6-11-2;1-11-4-2-6(7)12-5(4)3-9-10-8/h5,10-15H,3-4,6-8H2,1-2H3;1,7-9H,4-6H2,2H3;4-6H,2-3H2,1H3/t10-,11-,12-,13-,14-,15-;7-,8-,9-;4-,5-,6-/m111/s1. The van der Waals surface area contributed by atoms with E-state index in [0.29, 0.717) is 58.7 Å². The molecule has 1 aromatic heterocycles. The number of hydrogen-bond acceptors (Lipinski definition) is 13. The van der Waals surface area contributed by atoms with Crippen molar-refractivity contribution < 1.29 is 47.4 Å². The van der Waals surface area contributed by atoms with E-state index in [1.807, 2.05) is 6.20 Å². The minimum atomic E-state index is -0.324. The lowest BCUT2D eigenvalue weighted by Crippen LogP contribution is -2.29. The number of aromatic nitrogens is 3. The molecule has 0 amide bonds. The second kappa shape index (κ2) is 22.7. The summed E-state index contributed by atoms with van der Waals surface area (Å²) in [6, 6.07) is -1.18. The highest BCUT2D eigenvalue weighted by atomic mass is 16.6. The van der Waals surface area contributed by atoms with Gasteiger partial charge in [0, 0.05) is 57.4 Å². The van der Waals surface area contributed by atoms with Crippen molar-refractivity contribution in [2.45, 2.75) is 112 Å². The number of nitrogens with zero attached hydrogens (tertiary/aromatic N) is 6. The van der Waals surface area contributed by atoms with Gasteiger partial charge in [-0.25, -0.2) is 4.68 Å². The van der Waals surface area contributed by atoms with E-state index in [9.17, 15) is 0 Å². The first-order chi connectivity index (χ1) is 24.1. The average molecular weight is 694 g/mol. The Morgan fingerprint density at radius 2 is 1.32 bits per heavy atom. The third-order valence-electron chi connectivity index (χ3n) is 8.29. The quantitative estimate of drug-likeness (QED) is 0.0788. The zero-order chi connectivity index (χ0) is 36.5. The number of methoxy groups -OCH3 is 4. The fourth-order valence-corrected chi connectivity index (χ4v) is 5.93. The molecule has 8 radical (unpaired) electrons. The maximum atomic E-state index is 8.08. The first-order valence-electron chi connectivity index (χ1n) is 16.4. The van der Waals surface area contributed by atoms with Crippen LogP contribution in [0.5, 0.6) is 0 Å². The summed E-state index contributed by atoms with van der Waals surface area (Å²) < 4.78 is 55.5. The maximum absolute atomic E-state index is 8.08. The van der Waals surface area contributed by atoms with Crippen LogP contribution in [0.4, 0.5) is 0 Å². The van der Waals surface area contributed by atoms with Crippen LogP contribution in [0.25, 0.3) is 10.4 Å². The fraction of sp³-hybridized carbons (Fsp3) is 0.867. The Labute approximate surface area is 299 Å². The summed E-state index contributed by atoms with van der Waals surface area (Å²) in [5, 5.41) is 11.7. The normalized spacial score (nSPS) is 34.6. The molecule has 0 aliphatic carbocycles. The van der Waals surface area contributed by atoms with Crippen LogP contribution in [-0.4, -0.2) is 174 Å². The van der Waals surface area contributed by atoms with Crippen LogP contribution >= 0.6 is 0 Å². The minimum absolute atomic E-state index is 0.0361. The molecule has 4 saturated heterocycles. The van der Waals surface area contributed by atoms with Crippen molar-refractivity contribution in [1.82, 2.24) is 15.0 Å². The van der Waals surface area contributed by atoms with Gasteiger partial charge in [-0.15, -0.1) is 11.5 Å². The van der Waals surface area contributed by atoms with E-state index >= 15 is 0 Å². The summed E-state index contributed by atoms with van der Waals surface area (Å²) in [6.45, 7) is 2.37. The van der Waals surface area contributed by atoms with Gasteiger partial charge in [-0.05, 0) is 31.2 Å². The van der Waals surface area contributed by atoms with Gasteiger partial charge in [0.1, 0.15) is 62.0 Å².